The summed E-state index contributed by atoms with van der Waals surface area (Å²) < 4.78 is 13.5. The van der Waals surface area contributed by atoms with Crippen LogP contribution in [0.5, 0.6) is 0 Å². The fourth-order valence-corrected chi connectivity index (χ4v) is 1.82. The summed E-state index contributed by atoms with van der Waals surface area (Å²) in [6.07, 6.45) is 4.20. The van der Waals surface area contributed by atoms with Gasteiger partial charge in [-0.1, -0.05) is 23.7 Å². The number of nitrogens with zero attached hydrogens (tertiary/aromatic N) is 2. The third kappa shape index (κ3) is 4.86. The maximum atomic E-state index is 13.5. The Bertz CT molecular complexity index is 717. The molecular formula is C15H12ClFN4O2. The first-order valence-electron chi connectivity index (χ1n) is 6.52. The number of hydrogen-bond acceptors (Lipinski definition) is 4. The van der Waals surface area contributed by atoms with E-state index in [9.17, 15) is 14.0 Å². The number of nitrogens with one attached hydrogen (secondary N) is 2. The fraction of sp³-hybridized carbons (Fsp3) is 0.0667. The first-order valence-corrected chi connectivity index (χ1v) is 6.90. The molecule has 0 aliphatic rings. The molecule has 0 aliphatic heterocycles. The molecule has 1 aromatic heterocycles. The number of carbonyl (C=O) groups is 2. The highest BCUT2D eigenvalue weighted by molar-refractivity contribution is 6.35. The van der Waals surface area contributed by atoms with Gasteiger partial charge in [0, 0.05) is 24.5 Å². The molecule has 23 heavy (non-hydrogen) atoms. The highest BCUT2D eigenvalue weighted by Gasteiger charge is 2.12. The average molecular weight is 335 g/mol. The van der Waals surface area contributed by atoms with Crippen molar-refractivity contribution in [3.63, 3.8) is 0 Å². The average Bonchev–Trinajstić information content (AvgIpc) is 2.56. The summed E-state index contributed by atoms with van der Waals surface area (Å²) in [5, 5.41) is 6.06. The third-order valence-corrected chi connectivity index (χ3v) is 3.07. The largest absolute Gasteiger partial charge is 0.344 e. The lowest BCUT2D eigenvalue weighted by Gasteiger charge is -2.03. The predicted octanol–water partition coefficient (Wildman–Crippen LogP) is 1.64. The van der Waals surface area contributed by atoms with Crippen LogP contribution in [0.1, 0.15) is 11.1 Å². The summed E-state index contributed by atoms with van der Waals surface area (Å²) in [4.78, 5) is 27.0. The van der Waals surface area contributed by atoms with Crippen molar-refractivity contribution in [1.29, 1.82) is 0 Å². The molecule has 2 N–H and O–H groups in total. The van der Waals surface area contributed by atoms with E-state index in [1.54, 1.807) is 24.5 Å². The molecule has 2 rings (SSSR count). The first-order chi connectivity index (χ1) is 11.1. The lowest BCUT2D eigenvalue weighted by molar-refractivity contribution is -0.139. The number of hydrogen-bond donors (Lipinski definition) is 2. The molecule has 0 saturated carbocycles. The number of benzene rings is 1. The Hall–Kier alpha value is -2.80. The van der Waals surface area contributed by atoms with Gasteiger partial charge in [-0.25, -0.2) is 9.82 Å². The van der Waals surface area contributed by atoms with E-state index in [-0.39, 0.29) is 17.1 Å². The van der Waals surface area contributed by atoms with Crippen LogP contribution in [0, 0.1) is 5.82 Å². The molecule has 0 radical (unpaired) electrons. The molecule has 0 unspecified atom stereocenters. The molecule has 0 saturated heterocycles. The molecule has 1 aromatic carbocycles. The van der Waals surface area contributed by atoms with Crippen LogP contribution in [-0.4, -0.2) is 23.0 Å². The van der Waals surface area contributed by atoms with Gasteiger partial charge in [-0.15, -0.1) is 0 Å². The number of carbonyl (C=O) groups excluding carboxylic acids is 2. The Labute approximate surface area is 136 Å². The Morgan fingerprint density at radius 1 is 1.26 bits per heavy atom. The Morgan fingerprint density at radius 3 is 2.78 bits per heavy atom. The summed E-state index contributed by atoms with van der Waals surface area (Å²) >= 11 is 5.80. The van der Waals surface area contributed by atoms with Gasteiger partial charge < -0.3 is 5.32 Å². The van der Waals surface area contributed by atoms with Gasteiger partial charge >= 0.3 is 11.8 Å². The maximum Gasteiger partial charge on any atom is 0.329 e. The number of amides is 2. The van der Waals surface area contributed by atoms with Crippen molar-refractivity contribution in [3.05, 3.63) is 64.7 Å². The zero-order valence-electron chi connectivity index (χ0n) is 11.8. The molecule has 6 nitrogen and oxygen atoms in total. The van der Waals surface area contributed by atoms with Crippen LogP contribution < -0.4 is 10.7 Å². The summed E-state index contributed by atoms with van der Waals surface area (Å²) in [6.45, 7) is 0.156. The molecule has 1 heterocycles. The van der Waals surface area contributed by atoms with Gasteiger partial charge in [-0.2, -0.15) is 5.10 Å². The maximum absolute atomic E-state index is 13.5. The highest BCUT2D eigenvalue weighted by Crippen LogP contribution is 2.16. The second kappa shape index (κ2) is 8.00. The number of hydrazone groups is 1. The molecule has 0 spiro atoms. The molecular weight excluding hydrogens is 323 g/mol. The van der Waals surface area contributed by atoms with E-state index < -0.39 is 17.6 Å². The summed E-state index contributed by atoms with van der Waals surface area (Å²) in [6, 6.07) is 7.59. The standard InChI is InChI=1S/C15H12ClFN4O2/c16-12-4-1-5-13(17)11(12)9-20-21-15(23)14(22)19-8-10-3-2-6-18-7-10/h1-7,9H,8H2,(H,19,22)(H,21,23)/b20-9+. The topological polar surface area (TPSA) is 83.5 Å². The Balaban J connectivity index is 1.86. The van der Waals surface area contributed by atoms with Crippen LogP contribution in [0.4, 0.5) is 4.39 Å². The van der Waals surface area contributed by atoms with Crippen LogP contribution in [0.25, 0.3) is 0 Å². The van der Waals surface area contributed by atoms with Gasteiger partial charge in [0.25, 0.3) is 0 Å². The molecule has 2 amide bonds. The van der Waals surface area contributed by atoms with E-state index in [1.807, 2.05) is 5.43 Å². The van der Waals surface area contributed by atoms with E-state index in [4.69, 9.17) is 11.6 Å². The normalized spacial score (nSPS) is 10.5. The predicted molar refractivity (Wildman–Crippen MR) is 83.2 cm³/mol. The van der Waals surface area contributed by atoms with Crippen molar-refractivity contribution in [1.82, 2.24) is 15.7 Å². The molecule has 118 valence electrons. The van der Waals surface area contributed by atoms with E-state index in [1.165, 1.54) is 18.2 Å². The van der Waals surface area contributed by atoms with Crippen LogP contribution >= 0.6 is 11.6 Å². The van der Waals surface area contributed by atoms with Crippen LogP contribution in [0.2, 0.25) is 5.02 Å². The van der Waals surface area contributed by atoms with Gasteiger partial charge in [0.2, 0.25) is 0 Å². The van der Waals surface area contributed by atoms with Gasteiger partial charge in [-0.3, -0.25) is 14.6 Å². The van der Waals surface area contributed by atoms with Gasteiger partial charge in [0.15, 0.2) is 0 Å². The second-order valence-corrected chi connectivity index (χ2v) is 4.79. The van der Waals surface area contributed by atoms with Gasteiger partial charge in [0.05, 0.1) is 11.2 Å². The van der Waals surface area contributed by atoms with E-state index in [0.29, 0.717) is 0 Å². The van der Waals surface area contributed by atoms with Crippen molar-refractivity contribution in [2.45, 2.75) is 6.54 Å². The van der Waals surface area contributed by atoms with Crippen molar-refractivity contribution < 1.29 is 14.0 Å². The summed E-state index contributed by atoms with van der Waals surface area (Å²) in [5.41, 5.74) is 2.76. The molecule has 2 aromatic rings. The van der Waals surface area contributed by atoms with E-state index >= 15 is 0 Å². The highest BCUT2D eigenvalue weighted by atomic mass is 35.5. The van der Waals surface area contributed by atoms with Gasteiger partial charge in [-0.05, 0) is 23.8 Å². The zero-order chi connectivity index (χ0) is 16.7. The van der Waals surface area contributed by atoms with Crippen molar-refractivity contribution in [2.24, 2.45) is 5.10 Å². The quantitative estimate of drug-likeness (QED) is 0.506. The third-order valence-electron chi connectivity index (χ3n) is 2.74. The lowest BCUT2D eigenvalue weighted by Crippen LogP contribution is -2.37. The van der Waals surface area contributed by atoms with E-state index in [0.717, 1.165) is 11.8 Å². The minimum absolute atomic E-state index is 0.0187. The summed E-state index contributed by atoms with van der Waals surface area (Å²) in [5.74, 6) is -2.43. The first kappa shape index (κ1) is 16.6. The number of pyridine rings is 1. The monoisotopic (exact) mass is 334 g/mol. The number of aromatic nitrogens is 1. The Morgan fingerprint density at radius 2 is 2.09 bits per heavy atom. The molecule has 0 fully saturated rings. The minimum Gasteiger partial charge on any atom is -0.344 e. The fourth-order valence-electron chi connectivity index (χ4n) is 1.61. The zero-order valence-corrected chi connectivity index (χ0v) is 12.5. The molecule has 0 aliphatic carbocycles. The smallest absolute Gasteiger partial charge is 0.329 e. The van der Waals surface area contributed by atoms with Crippen molar-refractivity contribution in [3.8, 4) is 0 Å². The van der Waals surface area contributed by atoms with Gasteiger partial charge in [0.1, 0.15) is 5.82 Å². The number of rotatable bonds is 4. The van der Waals surface area contributed by atoms with Crippen molar-refractivity contribution >= 4 is 29.6 Å². The van der Waals surface area contributed by atoms with E-state index in [2.05, 4.69) is 15.4 Å². The number of halogens is 2. The van der Waals surface area contributed by atoms with Crippen LogP contribution in [0.15, 0.2) is 47.8 Å². The summed E-state index contributed by atoms with van der Waals surface area (Å²) in [7, 11) is 0. The SMILES string of the molecule is O=C(NCc1cccnc1)C(=O)N/N=C/c1c(F)cccc1Cl. The van der Waals surface area contributed by atoms with Crippen LogP contribution in [0.3, 0.4) is 0 Å². The molecule has 0 bridgehead atoms. The molecule has 8 heteroatoms. The lowest BCUT2D eigenvalue weighted by atomic mass is 10.2. The molecule has 0 atom stereocenters. The second-order valence-electron chi connectivity index (χ2n) is 4.38. The van der Waals surface area contributed by atoms with Crippen LogP contribution in [-0.2, 0) is 16.1 Å². The Kier molecular flexibility index (Phi) is 5.76. The minimum atomic E-state index is -0.974. The van der Waals surface area contributed by atoms with Crippen molar-refractivity contribution in [2.75, 3.05) is 0 Å².